The van der Waals surface area contributed by atoms with Crippen molar-refractivity contribution in [1.29, 1.82) is 0 Å². The molecule has 0 amide bonds. The lowest BCUT2D eigenvalue weighted by Gasteiger charge is -2.26. The number of hydrogen-bond acceptors (Lipinski definition) is 2. The molecule has 1 aliphatic carbocycles. The van der Waals surface area contributed by atoms with E-state index in [0.717, 1.165) is 25.7 Å². The predicted octanol–water partition coefficient (Wildman–Crippen LogP) is 2.64. The maximum Gasteiger partial charge on any atom is 0.243 e. The number of sulfonamides is 1. The van der Waals surface area contributed by atoms with E-state index in [4.69, 9.17) is 0 Å². The molecule has 17 heavy (non-hydrogen) atoms. The van der Waals surface area contributed by atoms with Crippen LogP contribution in [-0.2, 0) is 10.0 Å². The fourth-order valence-corrected chi connectivity index (χ4v) is 4.26. The van der Waals surface area contributed by atoms with Gasteiger partial charge >= 0.3 is 0 Å². The normalized spacial score (nSPS) is 17.8. The maximum absolute atomic E-state index is 12.5. The first-order valence-corrected chi connectivity index (χ1v) is 7.67. The molecule has 0 aromatic heterocycles. The highest BCUT2D eigenvalue weighted by Gasteiger charge is 2.31. The van der Waals surface area contributed by atoms with Crippen molar-refractivity contribution >= 4 is 10.0 Å². The molecule has 1 aromatic rings. The average Bonchev–Trinajstić information content (AvgIpc) is 2.84. The molecule has 1 aliphatic rings. The lowest BCUT2D eigenvalue weighted by atomic mass is 10.2. The first-order valence-electron chi connectivity index (χ1n) is 6.23. The van der Waals surface area contributed by atoms with Crippen molar-refractivity contribution < 1.29 is 8.42 Å². The monoisotopic (exact) mass is 253 g/mol. The van der Waals surface area contributed by atoms with Gasteiger partial charge in [-0.05, 0) is 25.0 Å². The lowest BCUT2D eigenvalue weighted by molar-refractivity contribution is 0.335. The third-order valence-electron chi connectivity index (χ3n) is 3.39. The summed E-state index contributed by atoms with van der Waals surface area (Å²) in [7, 11) is -3.30. The zero-order valence-electron chi connectivity index (χ0n) is 10.2. The highest BCUT2D eigenvalue weighted by atomic mass is 32.2. The molecule has 0 aliphatic heterocycles. The fraction of sp³-hybridized carbons (Fsp3) is 0.538. The average molecular weight is 253 g/mol. The quantitative estimate of drug-likeness (QED) is 0.827. The number of benzene rings is 1. The SMILES string of the molecule is CCN(C1CCCC1)S(=O)(=O)c1ccccc1. The molecule has 4 heteroatoms. The topological polar surface area (TPSA) is 37.4 Å². The summed E-state index contributed by atoms with van der Waals surface area (Å²) >= 11 is 0. The van der Waals surface area contributed by atoms with E-state index in [1.165, 1.54) is 0 Å². The molecular weight excluding hydrogens is 234 g/mol. The van der Waals surface area contributed by atoms with Crippen LogP contribution >= 0.6 is 0 Å². The van der Waals surface area contributed by atoms with Gasteiger partial charge in [0.2, 0.25) is 10.0 Å². The van der Waals surface area contributed by atoms with Crippen molar-refractivity contribution in [2.75, 3.05) is 6.54 Å². The second-order valence-electron chi connectivity index (χ2n) is 4.46. The van der Waals surface area contributed by atoms with E-state index in [-0.39, 0.29) is 6.04 Å². The minimum atomic E-state index is -3.30. The summed E-state index contributed by atoms with van der Waals surface area (Å²) < 4.78 is 26.6. The largest absolute Gasteiger partial charge is 0.243 e. The van der Waals surface area contributed by atoms with Crippen LogP contribution in [0.25, 0.3) is 0 Å². The van der Waals surface area contributed by atoms with Crippen LogP contribution in [0.3, 0.4) is 0 Å². The molecule has 1 saturated carbocycles. The Kier molecular flexibility index (Phi) is 3.84. The molecule has 0 bridgehead atoms. The Hall–Kier alpha value is -0.870. The van der Waals surface area contributed by atoms with Gasteiger partial charge in [0.05, 0.1) is 4.90 Å². The Morgan fingerprint density at radius 3 is 2.29 bits per heavy atom. The van der Waals surface area contributed by atoms with E-state index < -0.39 is 10.0 Å². The van der Waals surface area contributed by atoms with Gasteiger partial charge in [0.25, 0.3) is 0 Å². The fourth-order valence-electron chi connectivity index (χ4n) is 2.54. The molecule has 0 saturated heterocycles. The van der Waals surface area contributed by atoms with Crippen LogP contribution in [-0.4, -0.2) is 25.3 Å². The third kappa shape index (κ3) is 2.53. The van der Waals surface area contributed by atoms with Gasteiger partial charge in [-0.2, -0.15) is 4.31 Å². The zero-order chi connectivity index (χ0) is 12.3. The van der Waals surface area contributed by atoms with Crippen LogP contribution in [0, 0.1) is 0 Å². The molecular formula is C13H19NO2S. The second kappa shape index (κ2) is 5.19. The molecule has 94 valence electrons. The first-order chi connectivity index (χ1) is 8.16. The maximum atomic E-state index is 12.5. The standard InChI is InChI=1S/C13H19NO2S/c1-2-14(12-8-6-7-9-12)17(15,16)13-10-4-3-5-11-13/h3-5,10-12H,2,6-9H2,1H3. The number of nitrogens with zero attached hydrogens (tertiary/aromatic N) is 1. The van der Waals surface area contributed by atoms with Crippen LogP contribution in [0.5, 0.6) is 0 Å². The summed E-state index contributed by atoms with van der Waals surface area (Å²) in [4.78, 5) is 0.411. The minimum absolute atomic E-state index is 0.199. The van der Waals surface area contributed by atoms with Gasteiger partial charge in [-0.15, -0.1) is 0 Å². The van der Waals surface area contributed by atoms with Crippen molar-refractivity contribution in [2.24, 2.45) is 0 Å². The first kappa shape index (κ1) is 12.6. The Morgan fingerprint density at radius 1 is 1.18 bits per heavy atom. The molecule has 1 fully saturated rings. The highest BCUT2D eigenvalue weighted by Crippen LogP contribution is 2.28. The van der Waals surface area contributed by atoms with Crippen molar-refractivity contribution in [3.8, 4) is 0 Å². The van der Waals surface area contributed by atoms with Crippen molar-refractivity contribution in [3.05, 3.63) is 30.3 Å². The van der Waals surface area contributed by atoms with Gasteiger partial charge in [-0.1, -0.05) is 38.0 Å². The Labute approximate surface area is 104 Å². The summed E-state index contributed by atoms with van der Waals surface area (Å²) in [5, 5.41) is 0. The van der Waals surface area contributed by atoms with Gasteiger partial charge in [-0.3, -0.25) is 0 Å². The van der Waals surface area contributed by atoms with E-state index >= 15 is 0 Å². The highest BCUT2D eigenvalue weighted by molar-refractivity contribution is 7.89. The van der Waals surface area contributed by atoms with Gasteiger partial charge in [0.1, 0.15) is 0 Å². The van der Waals surface area contributed by atoms with E-state index in [2.05, 4.69) is 0 Å². The Balaban J connectivity index is 2.29. The molecule has 0 heterocycles. The van der Waals surface area contributed by atoms with Crippen LogP contribution in [0.4, 0.5) is 0 Å². The van der Waals surface area contributed by atoms with E-state index in [0.29, 0.717) is 11.4 Å². The van der Waals surface area contributed by atoms with Crippen LogP contribution in [0.1, 0.15) is 32.6 Å². The lowest BCUT2D eigenvalue weighted by Crippen LogP contribution is -2.38. The van der Waals surface area contributed by atoms with Gasteiger partial charge < -0.3 is 0 Å². The van der Waals surface area contributed by atoms with Gasteiger partial charge in [-0.25, -0.2) is 8.42 Å². The molecule has 0 N–H and O–H groups in total. The number of hydrogen-bond donors (Lipinski definition) is 0. The van der Waals surface area contributed by atoms with Crippen molar-refractivity contribution in [1.82, 2.24) is 4.31 Å². The zero-order valence-corrected chi connectivity index (χ0v) is 11.0. The van der Waals surface area contributed by atoms with Gasteiger partial charge in [0, 0.05) is 12.6 Å². The minimum Gasteiger partial charge on any atom is -0.207 e. The van der Waals surface area contributed by atoms with Crippen LogP contribution < -0.4 is 0 Å². The van der Waals surface area contributed by atoms with Crippen molar-refractivity contribution in [3.63, 3.8) is 0 Å². The molecule has 0 spiro atoms. The molecule has 1 aromatic carbocycles. The molecule has 0 radical (unpaired) electrons. The Bertz CT molecular complexity index is 450. The molecule has 0 atom stereocenters. The number of rotatable bonds is 4. The summed E-state index contributed by atoms with van der Waals surface area (Å²) in [6, 6.07) is 8.93. The molecule has 2 rings (SSSR count). The second-order valence-corrected chi connectivity index (χ2v) is 6.35. The van der Waals surface area contributed by atoms with E-state index in [9.17, 15) is 8.42 Å². The van der Waals surface area contributed by atoms with Gasteiger partial charge in [0.15, 0.2) is 0 Å². The van der Waals surface area contributed by atoms with E-state index in [1.807, 2.05) is 13.0 Å². The summed E-state index contributed by atoms with van der Waals surface area (Å²) in [6.45, 7) is 2.47. The Morgan fingerprint density at radius 2 is 1.76 bits per heavy atom. The van der Waals surface area contributed by atoms with Crippen molar-refractivity contribution in [2.45, 2.75) is 43.5 Å². The molecule has 0 unspecified atom stereocenters. The summed E-state index contributed by atoms with van der Waals surface area (Å²) in [5.74, 6) is 0. The summed E-state index contributed by atoms with van der Waals surface area (Å²) in [5.41, 5.74) is 0. The van der Waals surface area contributed by atoms with Crippen LogP contribution in [0.15, 0.2) is 35.2 Å². The third-order valence-corrected chi connectivity index (χ3v) is 5.44. The predicted molar refractivity (Wildman–Crippen MR) is 68.3 cm³/mol. The summed E-state index contributed by atoms with van der Waals surface area (Å²) in [6.07, 6.45) is 4.29. The van der Waals surface area contributed by atoms with E-state index in [1.54, 1.807) is 28.6 Å². The smallest absolute Gasteiger partial charge is 0.207 e. The van der Waals surface area contributed by atoms with Crippen LogP contribution in [0.2, 0.25) is 0 Å². The molecule has 3 nitrogen and oxygen atoms in total.